The van der Waals surface area contributed by atoms with Gasteiger partial charge in [-0.05, 0) is 24.6 Å². The summed E-state index contributed by atoms with van der Waals surface area (Å²) >= 11 is 6.48. The SMILES string of the molecule is COCCCNc1nc2ccccn2c(=O)c1/C=C1\SC(=S)N(CCOC)C1=O. The van der Waals surface area contributed by atoms with E-state index >= 15 is 0 Å². The lowest BCUT2D eigenvalue weighted by Gasteiger charge is -2.13. The number of thiocarbonyl (C=S) groups is 1. The standard InChI is InChI=1S/C19H22N4O4S2/c1-26-10-5-7-20-16-13(17(24)22-8-4-3-6-15(22)21-16)12-14-18(25)23(9-11-27-2)19(28)29-14/h3-4,6,8,12,20H,5,7,9-11H2,1-2H3/b14-12-. The zero-order chi connectivity index (χ0) is 20.8. The van der Waals surface area contributed by atoms with Gasteiger partial charge in [-0.3, -0.25) is 18.9 Å². The van der Waals surface area contributed by atoms with E-state index in [1.54, 1.807) is 38.6 Å². The summed E-state index contributed by atoms with van der Waals surface area (Å²) in [6.45, 7) is 1.92. The predicted molar refractivity (Wildman–Crippen MR) is 118 cm³/mol. The van der Waals surface area contributed by atoms with Crippen LogP contribution in [0.3, 0.4) is 0 Å². The number of pyridine rings is 1. The summed E-state index contributed by atoms with van der Waals surface area (Å²) in [7, 11) is 3.20. The molecule has 0 atom stereocenters. The number of aromatic nitrogens is 2. The highest BCUT2D eigenvalue weighted by atomic mass is 32.2. The van der Waals surface area contributed by atoms with E-state index in [9.17, 15) is 9.59 Å². The molecule has 10 heteroatoms. The minimum absolute atomic E-state index is 0.236. The van der Waals surface area contributed by atoms with Gasteiger partial charge in [-0.15, -0.1) is 0 Å². The molecular weight excluding hydrogens is 412 g/mol. The Bertz CT molecular complexity index is 1010. The number of amides is 1. The number of nitrogens with one attached hydrogen (secondary N) is 1. The van der Waals surface area contributed by atoms with Gasteiger partial charge in [-0.2, -0.15) is 0 Å². The molecule has 3 rings (SSSR count). The van der Waals surface area contributed by atoms with Crippen LogP contribution < -0.4 is 10.9 Å². The second-order valence-corrected chi connectivity index (χ2v) is 7.88. The van der Waals surface area contributed by atoms with E-state index in [1.807, 2.05) is 6.07 Å². The summed E-state index contributed by atoms with van der Waals surface area (Å²) < 4.78 is 12.0. The quantitative estimate of drug-likeness (QED) is 0.364. The Morgan fingerprint density at radius 1 is 1.24 bits per heavy atom. The number of carbonyl (C=O) groups is 1. The first-order valence-corrected chi connectivity index (χ1v) is 10.3. The third-order valence-corrected chi connectivity index (χ3v) is 5.63. The molecular formula is C19H22N4O4S2. The van der Waals surface area contributed by atoms with Crippen LogP contribution >= 0.6 is 24.0 Å². The first-order valence-electron chi connectivity index (χ1n) is 9.05. The van der Waals surface area contributed by atoms with Gasteiger partial charge < -0.3 is 14.8 Å². The summed E-state index contributed by atoms with van der Waals surface area (Å²) in [5, 5.41) is 3.19. The number of methoxy groups -OCH3 is 2. The van der Waals surface area contributed by atoms with E-state index in [0.29, 0.717) is 52.6 Å². The lowest BCUT2D eigenvalue weighted by Crippen LogP contribution is -2.31. The molecule has 8 nitrogen and oxygen atoms in total. The van der Waals surface area contributed by atoms with Crippen LogP contribution in [0.5, 0.6) is 0 Å². The molecule has 1 amide bonds. The molecule has 2 aromatic rings. The number of hydrogen-bond acceptors (Lipinski definition) is 8. The molecule has 1 fully saturated rings. The van der Waals surface area contributed by atoms with Crippen molar-refractivity contribution >= 4 is 51.7 Å². The van der Waals surface area contributed by atoms with Gasteiger partial charge in [0.05, 0.1) is 23.6 Å². The van der Waals surface area contributed by atoms with Gasteiger partial charge in [0.1, 0.15) is 15.8 Å². The molecule has 0 bridgehead atoms. The van der Waals surface area contributed by atoms with E-state index in [4.69, 9.17) is 21.7 Å². The van der Waals surface area contributed by atoms with Gasteiger partial charge in [-0.25, -0.2) is 4.98 Å². The third kappa shape index (κ3) is 4.84. The normalized spacial score (nSPS) is 15.7. The van der Waals surface area contributed by atoms with E-state index in [2.05, 4.69) is 10.3 Å². The van der Waals surface area contributed by atoms with Crippen LogP contribution in [-0.2, 0) is 14.3 Å². The van der Waals surface area contributed by atoms with Crippen molar-refractivity contribution < 1.29 is 14.3 Å². The van der Waals surface area contributed by atoms with Crippen molar-refractivity contribution in [2.24, 2.45) is 0 Å². The molecule has 0 aromatic carbocycles. The van der Waals surface area contributed by atoms with Crippen LogP contribution in [0.2, 0.25) is 0 Å². The second-order valence-electron chi connectivity index (χ2n) is 6.21. The van der Waals surface area contributed by atoms with Gasteiger partial charge >= 0.3 is 0 Å². The molecule has 0 spiro atoms. The van der Waals surface area contributed by atoms with E-state index in [0.717, 1.165) is 6.42 Å². The number of rotatable bonds is 9. The molecule has 1 aliphatic heterocycles. The molecule has 1 saturated heterocycles. The zero-order valence-electron chi connectivity index (χ0n) is 16.2. The Morgan fingerprint density at radius 3 is 2.79 bits per heavy atom. The number of ether oxygens (including phenoxy) is 2. The van der Waals surface area contributed by atoms with Crippen molar-refractivity contribution in [2.75, 3.05) is 45.8 Å². The maximum Gasteiger partial charge on any atom is 0.267 e. The van der Waals surface area contributed by atoms with Crippen LogP contribution in [0.25, 0.3) is 11.7 Å². The number of anilines is 1. The van der Waals surface area contributed by atoms with Gasteiger partial charge in [0.25, 0.3) is 11.5 Å². The van der Waals surface area contributed by atoms with Crippen molar-refractivity contribution in [1.29, 1.82) is 0 Å². The van der Waals surface area contributed by atoms with Crippen LogP contribution in [0.15, 0.2) is 34.1 Å². The fourth-order valence-electron chi connectivity index (χ4n) is 2.80. The fraction of sp³-hybridized carbons (Fsp3) is 0.368. The van der Waals surface area contributed by atoms with Gasteiger partial charge in [0.2, 0.25) is 0 Å². The lowest BCUT2D eigenvalue weighted by molar-refractivity contribution is -0.122. The number of hydrogen-bond donors (Lipinski definition) is 1. The summed E-state index contributed by atoms with van der Waals surface area (Å²) in [6.07, 6.45) is 3.98. The number of nitrogens with zero attached hydrogens (tertiary/aromatic N) is 3. The molecule has 29 heavy (non-hydrogen) atoms. The molecule has 3 heterocycles. The van der Waals surface area contributed by atoms with Crippen molar-refractivity contribution in [2.45, 2.75) is 6.42 Å². The fourth-order valence-corrected chi connectivity index (χ4v) is 4.09. The van der Waals surface area contributed by atoms with Crippen LogP contribution in [0.4, 0.5) is 5.82 Å². The monoisotopic (exact) mass is 434 g/mol. The van der Waals surface area contributed by atoms with E-state index < -0.39 is 0 Å². The lowest BCUT2D eigenvalue weighted by atomic mass is 10.2. The summed E-state index contributed by atoms with van der Waals surface area (Å²) in [4.78, 5) is 32.3. The number of thioether (sulfide) groups is 1. The van der Waals surface area contributed by atoms with Gasteiger partial charge in [-0.1, -0.05) is 30.0 Å². The smallest absolute Gasteiger partial charge is 0.267 e. The zero-order valence-corrected chi connectivity index (χ0v) is 17.8. The summed E-state index contributed by atoms with van der Waals surface area (Å²) in [5.74, 6) is 0.194. The molecule has 2 aromatic heterocycles. The molecule has 0 aliphatic carbocycles. The first kappa shape index (κ1) is 21.4. The van der Waals surface area contributed by atoms with Crippen LogP contribution in [0.1, 0.15) is 12.0 Å². The van der Waals surface area contributed by atoms with Gasteiger partial charge in [0.15, 0.2) is 0 Å². The number of fused-ring (bicyclic) bond motifs is 1. The third-order valence-electron chi connectivity index (χ3n) is 4.25. The van der Waals surface area contributed by atoms with E-state index in [1.165, 1.54) is 21.1 Å². The van der Waals surface area contributed by atoms with Gasteiger partial charge in [0, 0.05) is 33.6 Å². The van der Waals surface area contributed by atoms with Crippen molar-refractivity contribution in [3.63, 3.8) is 0 Å². The van der Waals surface area contributed by atoms with Crippen molar-refractivity contribution in [3.05, 3.63) is 45.2 Å². The Kier molecular flexibility index (Phi) is 7.37. The second kappa shape index (κ2) is 9.97. The number of carbonyl (C=O) groups excluding carboxylic acids is 1. The van der Waals surface area contributed by atoms with Crippen LogP contribution in [0, 0.1) is 0 Å². The van der Waals surface area contributed by atoms with Crippen molar-refractivity contribution in [3.8, 4) is 0 Å². The average molecular weight is 435 g/mol. The highest BCUT2D eigenvalue weighted by molar-refractivity contribution is 8.26. The molecule has 1 aliphatic rings. The first-order chi connectivity index (χ1) is 14.1. The summed E-state index contributed by atoms with van der Waals surface area (Å²) in [5.41, 5.74) is 0.585. The molecule has 0 unspecified atom stereocenters. The van der Waals surface area contributed by atoms with Crippen LogP contribution in [-0.4, -0.2) is 65.0 Å². The molecule has 1 N–H and O–H groups in total. The average Bonchev–Trinajstić information content (AvgIpc) is 2.99. The maximum absolute atomic E-state index is 13.1. The Morgan fingerprint density at radius 2 is 2.03 bits per heavy atom. The molecule has 154 valence electrons. The topological polar surface area (TPSA) is 85.2 Å². The summed E-state index contributed by atoms with van der Waals surface area (Å²) in [6, 6.07) is 5.34. The highest BCUT2D eigenvalue weighted by Gasteiger charge is 2.32. The Hall–Kier alpha value is -2.27. The predicted octanol–water partition coefficient (Wildman–Crippen LogP) is 1.99. The van der Waals surface area contributed by atoms with Crippen molar-refractivity contribution in [1.82, 2.24) is 14.3 Å². The minimum atomic E-state index is -0.257. The molecule has 0 saturated carbocycles. The maximum atomic E-state index is 13.1. The Labute approximate surface area is 177 Å². The largest absolute Gasteiger partial charge is 0.385 e. The molecule has 0 radical (unpaired) electrons. The van der Waals surface area contributed by atoms with E-state index in [-0.39, 0.29) is 11.5 Å². The minimum Gasteiger partial charge on any atom is -0.385 e. The Balaban J connectivity index is 1.99. The highest BCUT2D eigenvalue weighted by Crippen LogP contribution is 2.32.